The van der Waals surface area contributed by atoms with Crippen molar-refractivity contribution >= 4 is 5.91 Å². The maximum absolute atomic E-state index is 12.5. The van der Waals surface area contributed by atoms with E-state index in [1.165, 1.54) is 0 Å². The van der Waals surface area contributed by atoms with E-state index < -0.39 is 0 Å². The molecule has 0 unspecified atom stereocenters. The molecular formula is C23H22N2O5. The predicted molar refractivity (Wildman–Crippen MR) is 110 cm³/mol. The average Bonchev–Trinajstić information content (AvgIpc) is 3.26. The van der Waals surface area contributed by atoms with Gasteiger partial charge in [0.25, 0.3) is 5.91 Å². The topological polar surface area (TPSA) is 78.9 Å². The van der Waals surface area contributed by atoms with Crippen LogP contribution in [0.4, 0.5) is 0 Å². The van der Waals surface area contributed by atoms with Crippen LogP contribution < -0.4 is 24.3 Å². The number of aromatic nitrogens is 1. The normalized spacial score (nSPS) is 11.8. The van der Waals surface area contributed by atoms with Gasteiger partial charge >= 0.3 is 0 Å². The van der Waals surface area contributed by atoms with Gasteiger partial charge in [-0.05, 0) is 55.0 Å². The van der Waals surface area contributed by atoms with Crippen LogP contribution in [0.25, 0.3) is 0 Å². The van der Waals surface area contributed by atoms with Crippen LogP contribution in [0.2, 0.25) is 0 Å². The smallest absolute Gasteiger partial charge is 0.251 e. The van der Waals surface area contributed by atoms with Gasteiger partial charge in [-0.25, -0.2) is 4.98 Å². The molecule has 0 atom stereocenters. The minimum atomic E-state index is -0.222. The van der Waals surface area contributed by atoms with Crippen LogP contribution in [-0.4, -0.2) is 24.3 Å². The molecule has 4 rings (SSSR count). The number of amides is 1. The Morgan fingerprint density at radius 1 is 1.07 bits per heavy atom. The highest BCUT2D eigenvalue weighted by molar-refractivity contribution is 5.94. The van der Waals surface area contributed by atoms with Gasteiger partial charge in [0.05, 0.1) is 6.61 Å². The van der Waals surface area contributed by atoms with Gasteiger partial charge in [0.1, 0.15) is 11.5 Å². The second kappa shape index (κ2) is 9.17. The number of benzene rings is 2. The Balaban J connectivity index is 1.40. The van der Waals surface area contributed by atoms with Crippen molar-refractivity contribution in [3.05, 3.63) is 71.9 Å². The lowest BCUT2D eigenvalue weighted by molar-refractivity contribution is 0.0950. The summed E-state index contributed by atoms with van der Waals surface area (Å²) in [6.45, 7) is 3.18. The third-order valence-electron chi connectivity index (χ3n) is 4.44. The third kappa shape index (κ3) is 4.63. The van der Waals surface area contributed by atoms with E-state index in [1.54, 1.807) is 30.5 Å². The van der Waals surface area contributed by atoms with Crippen molar-refractivity contribution in [3.63, 3.8) is 0 Å². The first-order valence-corrected chi connectivity index (χ1v) is 9.75. The fourth-order valence-electron chi connectivity index (χ4n) is 2.90. The number of ether oxygens (including phenoxy) is 4. The molecule has 1 aromatic heterocycles. The molecule has 0 saturated carbocycles. The van der Waals surface area contributed by atoms with Crippen LogP contribution in [0.15, 0.2) is 60.8 Å². The van der Waals surface area contributed by atoms with Gasteiger partial charge < -0.3 is 24.3 Å². The zero-order valence-electron chi connectivity index (χ0n) is 16.6. The van der Waals surface area contributed by atoms with Gasteiger partial charge in [-0.3, -0.25) is 4.79 Å². The number of carbonyl (C=O) groups is 1. The number of carbonyl (C=O) groups excluding carboxylic acids is 1. The van der Waals surface area contributed by atoms with E-state index in [2.05, 4.69) is 17.2 Å². The Morgan fingerprint density at radius 2 is 1.87 bits per heavy atom. The molecule has 1 N–H and O–H groups in total. The fraction of sp³-hybridized carbons (Fsp3) is 0.217. The Morgan fingerprint density at radius 3 is 2.70 bits per heavy atom. The van der Waals surface area contributed by atoms with Crippen molar-refractivity contribution in [1.82, 2.24) is 10.3 Å². The van der Waals surface area contributed by atoms with Crippen molar-refractivity contribution in [2.45, 2.75) is 19.9 Å². The highest BCUT2D eigenvalue weighted by Gasteiger charge is 2.16. The molecule has 2 heterocycles. The number of nitrogens with zero attached hydrogens (tertiary/aromatic N) is 1. The SMILES string of the molecule is CCCOc1ccc(Oc2ncccc2CNC(=O)c2ccc3c(c2)OCO3)cc1. The molecule has 3 aromatic rings. The van der Waals surface area contributed by atoms with Gasteiger partial charge in [-0.2, -0.15) is 0 Å². The lowest BCUT2D eigenvalue weighted by Crippen LogP contribution is -2.23. The van der Waals surface area contributed by atoms with E-state index in [0.29, 0.717) is 35.3 Å². The van der Waals surface area contributed by atoms with Gasteiger partial charge in [0.15, 0.2) is 11.5 Å². The first kappa shape index (κ1) is 19.6. The van der Waals surface area contributed by atoms with Crippen LogP contribution in [-0.2, 0) is 6.54 Å². The Kier molecular flexibility index (Phi) is 5.98. The molecular weight excluding hydrogens is 384 g/mol. The van der Waals surface area contributed by atoms with Crippen molar-refractivity contribution in [2.75, 3.05) is 13.4 Å². The Bertz CT molecular complexity index is 1020. The van der Waals surface area contributed by atoms with Crippen LogP contribution in [0.1, 0.15) is 29.3 Å². The number of fused-ring (bicyclic) bond motifs is 1. The lowest BCUT2D eigenvalue weighted by Gasteiger charge is -2.12. The zero-order chi connectivity index (χ0) is 20.8. The van der Waals surface area contributed by atoms with Crippen molar-refractivity contribution in [1.29, 1.82) is 0 Å². The summed E-state index contributed by atoms with van der Waals surface area (Å²) in [5, 5.41) is 2.89. The summed E-state index contributed by atoms with van der Waals surface area (Å²) in [4.78, 5) is 16.8. The zero-order valence-corrected chi connectivity index (χ0v) is 16.6. The van der Waals surface area contributed by atoms with Crippen molar-refractivity contribution in [3.8, 4) is 28.9 Å². The summed E-state index contributed by atoms with van der Waals surface area (Å²) in [5.74, 6) is 2.86. The van der Waals surface area contributed by atoms with Crippen LogP contribution in [0.5, 0.6) is 28.9 Å². The van der Waals surface area contributed by atoms with Crippen LogP contribution in [0.3, 0.4) is 0 Å². The molecule has 1 amide bonds. The maximum atomic E-state index is 12.5. The van der Waals surface area contributed by atoms with Crippen LogP contribution >= 0.6 is 0 Å². The van der Waals surface area contributed by atoms with Gasteiger partial charge in [-0.15, -0.1) is 0 Å². The highest BCUT2D eigenvalue weighted by atomic mass is 16.7. The molecule has 1 aliphatic heterocycles. The van der Waals surface area contributed by atoms with E-state index >= 15 is 0 Å². The molecule has 7 nitrogen and oxygen atoms in total. The molecule has 0 bridgehead atoms. The van der Waals surface area contributed by atoms with Crippen LogP contribution in [0, 0.1) is 0 Å². The molecule has 0 radical (unpaired) electrons. The third-order valence-corrected chi connectivity index (χ3v) is 4.44. The molecule has 2 aromatic carbocycles. The molecule has 0 saturated heterocycles. The first-order chi connectivity index (χ1) is 14.7. The van der Waals surface area contributed by atoms with E-state index in [-0.39, 0.29) is 19.2 Å². The minimum Gasteiger partial charge on any atom is -0.494 e. The monoisotopic (exact) mass is 406 g/mol. The number of nitrogens with one attached hydrogen (secondary N) is 1. The Labute approximate surface area is 174 Å². The van der Waals surface area contributed by atoms with Crippen molar-refractivity contribution in [2.24, 2.45) is 0 Å². The first-order valence-electron chi connectivity index (χ1n) is 9.75. The number of hydrogen-bond donors (Lipinski definition) is 1. The molecule has 0 fully saturated rings. The van der Waals surface area contributed by atoms with Gasteiger partial charge in [-0.1, -0.05) is 13.0 Å². The maximum Gasteiger partial charge on any atom is 0.251 e. The molecule has 1 aliphatic rings. The molecule has 0 aliphatic carbocycles. The second-order valence-corrected chi connectivity index (χ2v) is 6.64. The quantitative estimate of drug-likeness (QED) is 0.600. The van der Waals surface area contributed by atoms with E-state index in [9.17, 15) is 4.79 Å². The summed E-state index contributed by atoms with van der Waals surface area (Å²) >= 11 is 0. The largest absolute Gasteiger partial charge is 0.494 e. The minimum absolute atomic E-state index is 0.169. The fourth-order valence-corrected chi connectivity index (χ4v) is 2.90. The molecule has 30 heavy (non-hydrogen) atoms. The van der Waals surface area contributed by atoms with E-state index in [4.69, 9.17) is 18.9 Å². The predicted octanol–water partition coefficient (Wildman–Crippen LogP) is 4.32. The number of hydrogen-bond acceptors (Lipinski definition) is 6. The number of rotatable bonds is 8. The summed E-state index contributed by atoms with van der Waals surface area (Å²) in [7, 11) is 0. The average molecular weight is 406 g/mol. The molecule has 0 spiro atoms. The summed E-state index contributed by atoms with van der Waals surface area (Å²) in [6.07, 6.45) is 2.60. The Hall–Kier alpha value is -3.74. The summed E-state index contributed by atoms with van der Waals surface area (Å²) in [5.41, 5.74) is 1.26. The summed E-state index contributed by atoms with van der Waals surface area (Å²) in [6, 6.07) is 16.1. The standard InChI is InChI=1S/C23H22N2O5/c1-2-12-27-18-6-8-19(9-7-18)30-23-17(4-3-11-24-23)14-25-22(26)16-5-10-20-21(13-16)29-15-28-20/h3-11,13H,2,12,14-15H2,1H3,(H,25,26). The molecule has 7 heteroatoms. The second-order valence-electron chi connectivity index (χ2n) is 6.64. The number of pyridine rings is 1. The lowest BCUT2D eigenvalue weighted by atomic mass is 10.2. The van der Waals surface area contributed by atoms with Gasteiger partial charge in [0.2, 0.25) is 12.7 Å². The highest BCUT2D eigenvalue weighted by Crippen LogP contribution is 2.32. The summed E-state index contributed by atoms with van der Waals surface area (Å²) < 4.78 is 22.1. The molecule has 154 valence electrons. The van der Waals surface area contributed by atoms with Gasteiger partial charge in [0, 0.05) is 23.9 Å². The van der Waals surface area contributed by atoms with E-state index in [1.807, 2.05) is 30.3 Å². The van der Waals surface area contributed by atoms with E-state index in [0.717, 1.165) is 17.7 Å². The van der Waals surface area contributed by atoms with Crippen molar-refractivity contribution < 1.29 is 23.7 Å².